The summed E-state index contributed by atoms with van der Waals surface area (Å²) in [6.07, 6.45) is 0. The Balaban J connectivity index is 1.46. The molecule has 0 atom stereocenters. The Labute approximate surface area is 265 Å². The smallest absolute Gasteiger partial charge is 0.104 e. The average molecular weight is 601 g/mol. The lowest BCUT2D eigenvalue weighted by atomic mass is 9.69. The Morgan fingerprint density at radius 1 is 0.432 bits per heavy atom. The van der Waals surface area contributed by atoms with Gasteiger partial charge in [-0.1, -0.05) is 121 Å². The molecule has 3 aromatic heterocycles. The third-order valence-corrected chi connectivity index (χ3v) is 11.5. The first-order chi connectivity index (χ1) is 21.6. The van der Waals surface area contributed by atoms with Crippen LogP contribution in [0, 0.1) is 13.8 Å². The lowest BCUT2D eigenvalue weighted by Crippen LogP contribution is -2.31. The van der Waals surface area contributed by atoms with Crippen molar-refractivity contribution in [3.05, 3.63) is 188 Å². The largest absolute Gasteiger partial charge is 0.246 e. The fraction of sp³-hybridized carbons (Fsp3) is 0.100. The zero-order valence-electron chi connectivity index (χ0n) is 24.4. The summed E-state index contributed by atoms with van der Waals surface area (Å²) in [5.74, 6) is 0. The number of nitrogens with zero attached hydrogens (tertiary/aromatic N) is 2. The average Bonchev–Trinajstić information content (AvgIpc) is 3.78. The molecule has 2 nitrogen and oxygen atoms in total. The van der Waals surface area contributed by atoms with Gasteiger partial charge in [0.05, 0.1) is 32.0 Å². The van der Waals surface area contributed by atoms with Gasteiger partial charge in [0.25, 0.3) is 0 Å². The van der Waals surface area contributed by atoms with Gasteiger partial charge in [0, 0.05) is 9.75 Å². The summed E-state index contributed by atoms with van der Waals surface area (Å²) in [7, 11) is 0. The SMILES string of the molecule is Cc1cc2c(s1)-c1nc3c(nc1C2(c1ccccc1)c1ccccc1)-c1sc(C)cc1C3(c1ccccc1)c1ccccc1. The molecule has 2 aliphatic rings. The summed E-state index contributed by atoms with van der Waals surface area (Å²) in [5.41, 5.74) is 10.4. The van der Waals surface area contributed by atoms with Crippen LogP contribution in [0.5, 0.6) is 0 Å². The van der Waals surface area contributed by atoms with Crippen LogP contribution in [0.4, 0.5) is 0 Å². The Bertz CT molecular complexity index is 1940. The van der Waals surface area contributed by atoms with E-state index in [0.29, 0.717) is 0 Å². The van der Waals surface area contributed by atoms with Crippen molar-refractivity contribution in [1.29, 1.82) is 0 Å². The van der Waals surface area contributed by atoms with Crippen LogP contribution >= 0.6 is 22.7 Å². The number of hydrogen-bond donors (Lipinski definition) is 0. The summed E-state index contributed by atoms with van der Waals surface area (Å²) in [4.78, 5) is 16.6. The van der Waals surface area contributed by atoms with Crippen molar-refractivity contribution in [3.63, 3.8) is 0 Å². The van der Waals surface area contributed by atoms with Crippen LogP contribution in [0.1, 0.15) is 54.5 Å². The molecule has 0 aliphatic heterocycles. The predicted octanol–water partition coefficient (Wildman–Crippen LogP) is 9.94. The number of aromatic nitrogens is 2. The molecule has 0 amide bonds. The van der Waals surface area contributed by atoms with E-state index in [1.165, 1.54) is 52.9 Å². The highest BCUT2D eigenvalue weighted by molar-refractivity contribution is 7.16. The van der Waals surface area contributed by atoms with E-state index in [9.17, 15) is 0 Å². The maximum Gasteiger partial charge on any atom is 0.104 e. The van der Waals surface area contributed by atoms with Gasteiger partial charge >= 0.3 is 0 Å². The highest BCUT2D eigenvalue weighted by atomic mass is 32.1. The van der Waals surface area contributed by atoms with E-state index in [1.54, 1.807) is 0 Å². The Kier molecular flexibility index (Phi) is 5.53. The second-order valence-corrected chi connectivity index (χ2v) is 14.3. The van der Waals surface area contributed by atoms with E-state index in [1.807, 2.05) is 22.7 Å². The number of fused-ring (bicyclic) bond motifs is 6. The molecule has 2 aliphatic carbocycles. The lowest BCUT2D eigenvalue weighted by molar-refractivity contribution is 0.713. The second kappa shape index (κ2) is 9.43. The highest BCUT2D eigenvalue weighted by Crippen LogP contribution is 2.62. The fourth-order valence-electron chi connectivity index (χ4n) is 7.72. The van der Waals surface area contributed by atoms with Crippen molar-refractivity contribution < 1.29 is 0 Å². The minimum absolute atomic E-state index is 0.558. The Morgan fingerprint density at radius 2 is 0.727 bits per heavy atom. The summed E-state index contributed by atoms with van der Waals surface area (Å²) in [6.45, 7) is 4.42. The van der Waals surface area contributed by atoms with Gasteiger partial charge in [0.1, 0.15) is 11.4 Å². The molecule has 0 bridgehead atoms. The Morgan fingerprint density at radius 3 is 1.02 bits per heavy atom. The summed E-state index contributed by atoms with van der Waals surface area (Å²) < 4.78 is 0. The molecule has 0 spiro atoms. The van der Waals surface area contributed by atoms with Gasteiger partial charge in [-0.2, -0.15) is 0 Å². The van der Waals surface area contributed by atoms with Gasteiger partial charge in [-0.3, -0.25) is 0 Å². The standard InChI is InChI=1S/C40H28N2S2/c1-25-23-31-35(43-25)33-37(39(31,27-15-7-3-8-16-27)28-17-9-4-10-18-28)42-34-36-32(24-26(2)44-36)40(38(34)41-33,29-19-11-5-12-20-29)30-21-13-6-14-22-30/h3-24H,1-2H3. The van der Waals surface area contributed by atoms with Gasteiger partial charge in [0.15, 0.2) is 0 Å². The molecule has 4 aromatic carbocycles. The maximum absolute atomic E-state index is 5.81. The molecule has 0 radical (unpaired) electrons. The van der Waals surface area contributed by atoms with Gasteiger partial charge in [-0.05, 0) is 59.4 Å². The lowest BCUT2D eigenvalue weighted by Gasteiger charge is -2.33. The van der Waals surface area contributed by atoms with Crippen LogP contribution < -0.4 is 0 Å². The summed E-state index contributed by atoms with van der Waals surface area (Å²) in [6, 6.07) is 48.4. The molecule has 3 heterocycles. The molecule has 0 N–H and O–H groups in total. The van der Waals surface area contributed by atoms with Gasteiger partial charge < -0.3 is 0 Å². The number of aryl methyl sites for hydroxylation is 2. The molecule has 0 unspecified atom stereocenters. The van der Waals surface area contributed by atoms with Gasteiger partial charge in [-0.25, -0.2) is 9.97 Å². The predicted molar refractivity (Wildman–Crippen MR) is 182 cm³/mol. The van der Waals surface area contributed by atoms with Crippen molar-refractivity contribution >= 4 is 22.7 Å². The summed E-state index contributed by atoms with van der Waals surface area (Å²) >= 11 is 3.67. The van der Waals surface area contributed by atoms with Crippen LogP contribution in [-0.4, -0.2) is 9.97 Å². The minimum atomic E-state index is -0.558. The molecule has 0 saturated carbocycles. The van der Waals surface area contributed by atoms with E-state index in [0.717, 1.165) is 22.8 Å². The highest BCUT2D eigenvalue weighted by Gasteiger charge is 2.54. The quantitative estimate of drug-likeness (QED) is 0.201. The van der Waals surface area contributed by atoms with Crippen molar-refractivity contribution in [3.8, 4) is 21.1 Å². The zero-order valence-corrected chi connectivity index (χ0v) is 26.0. The Hall–Kier alpha value is -4.64. The van der Waals surface area contributed by atoms with E-state index >= 15 is 0 Å². The first kappa shape index (κ1) is 25.8. The zero-order chi connectivity index (χ0) is 29.5. The molecular formula is C40H28N2S2. The van der Waals surface area contributed by atoms with Gasteiger partial charge in [-0.15, -0.1) is 22.7 Å². The summed E-state index contributed by atoms with van der Waals surface area (Å²) in [5, 5.41) is 0. The van der Waals surface area contributed by atoms with E-state index < -0.39 is 10.8 Å². The normalized spacial score (nSPS) is 15.0. The van der Waals surface area contributed by atoms with Crippen molar-refractivity contribution in [2.24, 2.45) is 0 Å². The number of thiophene rings is 2. The molecule has 0 fully saturated rings. The second-order valence-electron chi connectivity index (χ2n) is 11.8. The van der Waals surface area contributed by atoms with Crippen LogP contribution in [0.25, 0.3) is 21.1 Å². The molecule has 7 aromatic rings. The first-order valence-electron chi connectivity index (χ1n) is 15.0. The minimum Gasteiger partial charge on any atom is -0.246 e. The molecular weight excluding hydrogens is 573 g/mol. The van der Waals surface area contributed by atoms with Crippen molar-refractivity contribution in [2.75, 3.05) is 0 Å². The third-order valence-electron chi connectivity index (χ3n) is 9.38. The van der Waals surface area contributed by atoms with Crippen LogP contribution in [-0.2, 0) is 10.8 Å². The van der Waals surface area contributed by atoms with Gasteiger partial charge in [0.2, 0.25) is 0 Å². The number of hydrogen-bond acceptors (Lipinski definition) is 4. The number of rotatable bonds is 4. The third kappa shape index (κ3) is 3.25. The molecule has 4 heteroatoms. The van der Waals surface area contributed by atoms with E-state index in [-0.39, 0.29) is 0 Å². The molecule has 210 valence electrons. The molecule has 44 heavy (non-hydrogen) atoms. The number of benzene rings is 4. The first-order valence-corrected chi connectivity index (χ1v) is 16.6. The van der Waals surface area contributed by atoms with E-state index in [4.69, 9.17) is 9.97 Å². The van der Waals surface area contributed by atoms with Crippen molar-refractivity contribution in [2.45, 2.75) is 24.7 Å². The fourth-order valence-corrected chi connectivity index (χ4v) is 9.84. The van der Waals surface area contributed by atoms with Crippen molar-refractivity contribution in [1.82, 2.24) is 9.97 Å². The van der Waals surface area contributed by atoms with Crippen LogP contribution in [0.3, 0.4) is 0 Å². The van der Waals surface area contributed by atoms with Crippen LogP contribution in [0.2, 0.25) is 0 Å². The van der Waals surface area contributed by atoms with Crippen LogP contribution in [0.15, 0.2) is 133 Å². The topological polar surface area (TPSA) is 25.8 Å². The molecule has 9 rings (SSSR count). The maximum atomic E-state index is 5.81. The molecule has 0 saturated heterocycles. The monoisotopic (exact) mass is 600 g/mol. The van der Waals surface area contributed by atoms with E-state index in [2.05, 4.69) is 147 Å².